The van der Waals surface area contributed by atoms with Crippen LogP contribution in [0, 0.1) is 20.8 Å². The van der Waals surface area contributed by atoms with Crippen LogP contribution in [0.1, 0.15) is 34.1 Å². The number of aromatic nitrogens is 2. The summed E-state index contributed by atoms with van der Waals surface area (Å²) in [6.07, 6.45) is 1.10. The molecular formula is C14H18N2O. The van der Waals surface area contributed by atoms with Gasteiger partial charge in [0.2, 0.25) is 0 Å². The maximum Gasteiger partial charge on any atom is 0.121 e. The normalized spacial score (nSPS) is 12.8. The number of aliphatic hydroxyl groups excluding tert-OH is 1. The van der Waals surface area contributed by atoms with Crippen LogP contribution in [0.15, 0.2) is 24.4 Å². The summed E-state index contributed by atoms with van der Waals surface area (Å²) in [7, 11) is 1.84. The van der Waals surface area contributed by atoms with Crippen molar-refractivity contribution in [1.29, 1.82) is 0 Å². The van der Waals surface area contributed by atoms with Gasteiger partial charge < -0.3 is 5.11 Å². The lowest BCUT2D eigenvalue weighted by atomic mass is 9.94. The predicted octanol–water partition coefficient (Wildman–Crippen LogP) is 2.43. The number of aryl methyl sites for hydroxylation is 4. The highest BCUT2D eigenvalue weighted by Crippen LogP contribution is 2.28. The summed E-state index contributed by atoms with van der Waals surface area (Å²) < 4.78 is 1.71. The van der Waals surface area contributed by atoms with Gasteiger partial charge in [-0.05, 0) is 43.5 Å². The van der Waals surface area contributed by atoms with E-state index in [-0.39, 0.29) is 0 Å². The highest BCUT2D eigenvalue weighted by atomic mass is 16.3. The van der Waals surface area contributed by atoms with Crippen LogP contribution in [0.5, 0.6) is 0 Å². The molecule has 2 rings (SSSR count). The minimum atomic E-state index is -0.608. The van der Waals surface area contributed by atoms with Crippen LogP contribution < -0.4 is 0 Å². The molecule has 3 heteroatoms. The maximum atomic E-state index is 10.5. The zero-order valence-corrected chi connectivity index (χ0v) is 10.7. The lowest BCUT2D eigenvalue weighted by Gasteiger charge is -2.17. The smallest absolute Gasteiger partial charge is 0.121 e. The van der Waals surface area contributed by atoms with Gasteiger partial charge in [0.15, 0.2) is 0 Å². The van der Waals surface area contributed by atoms with Crippen molar-refractivity contribution in [1.82, 2.24) is 9.78 Å². The molecule has 1 aromatic heterocycles. The number of rotatable bonds is 2. The van der Waals surface area contributed by atoms with Gasteiger partial charge in [0, 0.05) is 13.2 Å². The first-order valence-corrected chi connectivity index (χ1v) is 5.74. The first kappa shape index (κ1) is 11.9. The van der Waals surface area contributed by atoms with Crippen molar-refractivity contribution in [3.8, 4) is 0 Å². The molecule has 2 aromatic rings. The van der Waals surface area contributed by atoms with Gasteiger partial charge in [-0.3, -0.25) is 4.68 Å². The minimum Gasteiger partial charge on any atom is -0.382 e. The Labute approximate surface area is 102 Å². The number of benzene rings is 1. The van der Waals surface area contributed by atoms with E-state index in [0.717, 1.165) is 22.4 Å². The molecule has 1 atom stereocenters. The Bertz CT molecular complexity index is 520. The Morgan fingerprint density at radius 3 is 2.24 bits per heavy atom. The van der Waals surface area contributed by atoms with E-state index >= 15 is 0 Å². The molecule has 1 unspecified atom stereocenters. The third-order valence-electron chi connectivity index (χ3n) is 3.15. The van der Waals surface area contributed by atoms with Gasteiger partial charge in [-0.1, -0.05) is 17.7 Å². The van der Waals surface area contributed by atoms with Gasteiger partial charge in [0.05, 0.1) is 5.69 Å². The Hall–Kier alpha value is -1.61. The van der Waals surface area contributed by atoms with Crippen LogP contribution in [0.25, 0.3) is 0 Å². The molecule has 0 radical (unpaired) electrons. The molecule has 17 heavy (non-hydrogen) atoms. The van der Waals surface area contributed by atoms with E-state index in [9.17, 15) is 5.11 Å². The molecule has 0 aliphatic carbocycles. The molecule has 90 valence electrons. The third-order valence-corrected chi connectivity index (χ3v) is 3.15. The van der Waals surface area contributed by atoms with Crippen molar-refractivity contribution in [2.45, 2.75) is 26.9 Å². The second-order valence-corrected chi connectivity index (χ2v) is 4.59. The lowest BCUT2D eigenvalue weighted by molar-refractivity contribution is 0.208. The fourth-order valence-corrected chi connectivity index (χ4v) is 2.42. The van der Waals surface area contributed by atoms with Crippen molar-refractivity contribution in [3.05, 3.63) is 52.3 Å². The van der Waals surface area contributed by atoms with Crippen LogP contribution in [0.4, 0.5) is 0 Å². The average molecular weight is 230 g/mol. The molecule has 0 bridgehead atoms. The SMILES string of the molecule is Cc1cc(C)c(C(O)c2ccnn2C)c(C)c1. The van der Waals surface area contributed by atoms with Crippen LogP contribution in [-0.4, -0.2) is 14.9 Å². The lowest BCUT2D eigenvalue weighted by Crippen LogP contribution is -2.09. The van der Waals surface area contributed by atoms with Crippen molar-refractivity contribution >= 4 is 0 Å². The van der Waals surface area contributed by atoms with Gasteiger partial charge >= 0.3 is 0 Å². The zero-order valence-electron chi connectivity index (χ0n) is 10.7. The highest BCUT2D eigenvalue weighted by molar-refractivity contribution is 5.41. The van der Waals surface area contributed by atoms with Gasteiger partial charge in [0.25, 0.3) is 0 Å². The van der Waals surface area contributed by atoms with E-state index < -0.39 is 6.10 Å². The Morgan fingerprint density at radius 2 is 1.76 bits per heavy atom. The van der Waals surface area contributed by atoms with Gasteiger partial charge in [-0.25, -0.2) is 0 Å². The number of hydrogen-bond donors (Lipinski definition) is 1. The van der Waals surface area contributed by atoms with Crippen molar-refractivity contribution in [2.24, 2.45) is 7.05 Å². The Morgan fingerprint density at radius 1 is 1.18 bits per heavy atom. The fraction of sp³-hybridized carbons (Fsp3) is 0.357. The summed E-state index contributed by atoms with van der Waals surface area (Å²) in [5.41, 5.74) is 5.27. The molecule has 0 aliphatic rings. The topological polar surface area (TPSA) is 38.1 Å². The first-order chi connectivity index (χ1) is 8.00. The standard InChI is InChI=1S/C14H18N2O/c1-9-7-10(2)13(11(3)8-9)14(17)12-5-6-15-16(12)4/h5-8,14,17H,1-4H3. The summed E-state index contributed by atoms with van der Waals surface area (Å²) in [5.74, 6) is 0. The molecule has 0 saturated heterocycles. The maximum absolute atomic E-state index is 10.5. The van der Waals surface area contributed by atoms with Crippen LogP contribution in [-0.2, 0) is 7.05 Å². The number of nitrogens with zero attached hydrogens (tertiary/aromatic N) is 2. The largest absolute Gasteiger partial charge is 0.382 e. The van der Waals surface area contributed by atoms with E-state index in [1.54, 1.807) is 10.9 Å². The summed E-state index contributed by atoms with van der Waals surface area (Å²) >= 11 is 0. The Kier molecular flexibility index (Phi) is 3.03. The molecular weight excluding hydrogens is 212 g/mol. The first-order valence-electron chi connectivity index (χ1n) is 5.74. The van der Waals surface area contributed by atoms with Crippen LogP contribution in [0.3, 0.4) is 0 Å². The average Bonchev–Trinajstić information content (AvgIpc) is 2.62. The summed E-state index contributed by atoms with van der Waals surface area (Å²) in [6, 6.07) is 6.05. The van der Waals surface area contributed by atoms with Crippen molar-refractivity contribution in [3.63, 3.8) is 0 Å². The summed E-state index contributed by atoms with van der Waals surface area (Å²) in [4.78, 5) is 0. The second-order valence-electron chi connectivity index (χ2n) is 4.59. The molecule has 0 saturated carbocycles. The van der Waals surface area contributed by atoms with E-state index in [1.807, 2.05) is 27.0 Å². The van der Waals surface area contributed by atoms with Crippen LogP contribution in [0.2, 0.25) is 0 Å². The molecule has 3 nitrogen and oxygen atoms in total. The van der Waals surface area contributed by atoms with Crippen molar-refractivity contribution in [2.75, 3.05) is 0 Å². The molecule has 1 heterocycles. The van der Waals surface area contributed by atoms with Crippen molar-refractivity contribution < 1.29 is 5.11 Å². The Balaban J connectivity index is 2.51. The molecule has 0 amide bonds. The highest BCUT2D eigenvalue weighted by Gasteiger charge is 2.18. The molecule has 0 fully saturated rings. The second kappa shape index (κ2) is 4.34. The molecule has 1 aromatic carbocycles. The predicted molar refractivity (Wildman–Crippen MR) is 67.9 cm³/mol. The fourth-order valence-electron chi connectivity index (χ4n) is 2.42. The van der Waals surface area contributed by atoms with E-state index in [4.69, 9.17) is 0 Å². The van der Waals surface area contributed by atoms with Crippen LogP contribution >= 0.6 is 0 Å². The zero-order chi connectivity index (χ0) is 12.6. The van der Waals surface area contributed by atoms with Gasteiger partial charge in [-0.15, -0.1) is 0 Å². The third kappa shape index (κ3) is 2.11. The van der Waals surface area contributed by atoms with Gasteiger partial charge in [0.1, 0.15) is 6.10 Å². The van der Waals surface area contributed by atoms with E-state index in [0.29, 0.717) is 0 Å². The van der Waals surface area contributed by atoms with E-state index in [2.05, 4.69) is 24.2 Å². The molecule has 0 spiro atoms. The molecule has 0 aliphatic heterocycles. The summed E-state index contributed by atoms with van der Waals surface area (Å²) in [5, 5.41) is 14.6. The van der Waals surface area contributed by atoms with Gasteiger partial charge in [-0.2, -0.15) is 5.10 Å². The minimum absolute atomic E-state index is 0.608. The number of hydrogen-bond acceptors (Lipinski definition) is 2. The summed E-state index contributed by atoms with van der Waals surface area (Å²) in [6.45, 7) is 6.14. The molecule has 1 N–H and O–H groups in total. The van der Waals surface area contributed by atoms with E-state index in [1.165, 1.54) is 5.56 Å². The quantitative estimate of drug-likeness (QED) is 0.860. The monoisotopic (exact) mass is 230 g/mol. The number of aliphatic hydroxyl groups is 1.